The number of H-pyrrole nitrogens is 1. The van der Waals surface area contributed by atoms with Crippen LogP contribution in [0, 0.1) is 15.3 Å². The van der Waals surface area contributed by atoms with Crippen LogP contribution in [-0.4, -0.2) is 21.1 Å². The third kappa shape index (κ3) is 2.72. The maximum atomic E-state index is 11.8. The Bertz CT molecular complexity index is 719. The van der Waals surface area contributed by atoms with Gasteiger partial charge in [0.1, 0.15) is 5.69 Å². The van der Waals surface area contributed by atoms with E-state index in [0.717, 1.165) is 13.8 Å². The molecule has 0 saturated heterocycles. The molecule has 0 aliphatic rings. The molecule has 18 heavy (non-hydrogen) atoms. The third-order valence-corrected chi connectivity index (χ3v) is 3.48. The minimum Gasteiger partial charge on any atom is -0.265 e. The number of halogens is 1. The number of aromatic nitrogens is 3. The van der Waals surface area contributed by atoms with Gasteiger partial charge in [-0.15, -0.1) is 0 Å². The van der Waals surface area contributed by atoms with Crippen molar-refractivity contribution in [1.82, 2.24) is 14.9 Å². The first-order valence-electron chi connectivity index (χ1n) is 5.07. The zero-order valence-electron chi connectivity index (χ0n) is 9.42. The van der Waals surface area contributed by atoms with E-state index in [1.807, 2.05) is 24.3 Å². The molecule has 7 heteroatoms. The SMILES string of the molecule is Cc1n[nH]c(=S)n(N=Cc2ccccc2I)c1=O. The minimum atomic E-state index is -0.319. The van der Waals surface area contributed by atoms with Crippen LogP contribution in [0.2, 0.25) is 0 Å². The van der Waals surface area contributed by atoms with Crippen LogP contribution in [0.3, 0.4) is 0 Å². The van der Waals surface area contributed by atoms with Crippen molar-refractivity contribution in [2.75, 3.05) is 0 Å². The Labute approximate surface area is 122 Å². The van der Waals surface area contributed by atoms with Crippen LogP contribution in [0.4, 0.5) is 0 Å². The predicted molar refractivity (Wildman–Crippen MR) is 80.6 cm³/mol. The van der Waals surface area contributed by atoms with Gasteiger partial charge in [0.25, 0.3) is 5.56 Å². The topological polar surface area (TPSA) is 63.0 Å². The summed E-state index contributed by atoms with van der Waals surface area (Å²) >= 11 is 7.18. The van der Waals surface area contributed by atoms with E-state index in [9.17, 15) is 4.79 Å². The second-order valence-electron chi connectivity index (χ2n) is 3.50. The van der Waals surface area contributed by atoms with Gasteiger partial charge in [-0.2, -0.15) is 14.9 Å². The van der Waals surface area contributed by atoms with Crippen molar-refractivity contribution < 1.29 is 0 Å². The lowest BCUT2D eigenvalue weighted by atomic mass is 10.2. The summed E-state index contributed by atoms with van der Waals surface area (Å²) in [5.74, 6) is 0. The van der Waals surface area contributed by atoms with Gasteiger partial charge in [-0.3, -0.25) is 9.89 Å². The van der Waals surface area contributed by atoms with Gasteiger partial charge in [0.05, 0.1) is 6.21 Å². The normalized spacial score (nSPS) is 11.0. The molecule has 0 atom stereocenters. The maximum absolute atomic E-state index is 11.8. The van der Waals surface area contributed by atoms with Gasteiger partial charge in [-0.05, 0) is 47.8 Å². The summed E-state index contributed by atoms with van der Waals surface area (Å²) in [6, 6.07) is 7.72. The first-order valence-corrected chi connectivity index (χ1v) is 6.55. The fourth-order valence-electron chi connectivity index (χ4n) is 1.28. The third-order valence-electron chi connectivity index (χ3n) is 2.23. The fourth-order valence-corrected chi connectivity index (χ4v) is 1.98. The fraction of sp³-hybridized carbons (Fsp3) is 0.0909. The Morgan fingerprint density at radius 2 is 2.22 bits per heavy atom. The van der Waals surface area contributed by atoms with E-state index in [0.29, 0.717) is 5.69 Å². The lowest BCUT2D eigenvalue weighted by Crippen LogP contribution is -2.22. The van der Waals surface area contributed by atoms with Crippen LogP contribution < -0.4 is 5.56 Å². The number of aromatic amines is 1. The monoisotopic (exact) mass is 372 g/mol. The summed E-state index contributed by atoms with van der Waals surface area (Å²) in [6.07, 6.45) is 1.60. The number of rotatable bonds is 2. The predicted octanol–water partition coefficient (Wildman–Crippen LogP) is 2.10. The molecule has 0 aliphatic heterocycles. The van der Waals surface area contributed by atoms with E-state index < -0.39 is 0 Å². The molecule has 0 amide bonds. The van der Waals surface area contributed by atoms with Crippen LogP contribution in [-0.2, 0) is 0 Å². The zero-order valence-corrected chi connectivity index (χ0v) is 12.4. The Morgan fingerprint density at radius 3 is 2.94 bits per heavy atom. The molecule has 2 aromatic rings. The molecule has 0 radical (unpaired) electrons. The lowest BCUT2D eigenvalue weighted by molar-refractivity contribution is 0.720. The van der Waals surface area contributed by atoms with Crippen LogP contribution in [0.1, 0.15) is 11.3 Å². The molecule has 92 valence electrons. The molecule has 1 aromatic carbocycles. The lowest BCUT2D eigenvalue weighted by Gasteiger charge is -2.00. The second-order valence-corrected chi connectivity index (χ2v) is 5.05. The highest BCUT2D eigenvalue weighted by Crippen LogP contribution is 2.08. The Balaban J connectivity index is 2.48. The minimum absolute atomic E-state index is 0.174. The average molecular weight is 372 g/mol. The van der Waals surface area contributed by atoms with Gasteiger partial charge in [0.15, 0.2) is 0 Å². The Hall–Kier alpha value is -1.35. The number of aryl methyl sites for hydroxylation is 1. The smallest absolute Gasteiger partial charge is 0.265 e. The zero-order chi connectivity index (χ0) is 13.1. The average Bonchev–Trinajstić information content (AvgIpc) is 2.36. The molecule has 0 fully saturated rings. The summed E-state index contributed by atoms with van der Waals surface area (Å²) in [6.45, 7) is 1.60. The van der Waals surface area contributed by atoms with Crippen molar-refractivity contribution >= 4 is 41.0 Å². The molecule has 0 saturated carbocycles. The summed E-state index contributed by atoms with van der Waals surface area (Å²) in [5.41, 5.74) is 0.929. The number of benzene rings is 1. The van der Waals surface area contributed by atoms with Crippen molar-refractivity contribution in [3.05, 3.63) is 54.2 Å². The van der Waals surface area contributed by atoms with Gasteiger partial charge >= 0.3 is 0 Å². The summed E-state index contributed by atoms with van der Waals surface area (Å²) in [5, 5.41) is 10.4. The van der Waals surface area contributed by atoms with Crippen LogP contribution in [0.15, 0.2) is 34.2 Å². The molecule has 0 spiro atoms. The summed E-state index contributed by atoms with van der Waals surface area (Å²) in [7, 11) is 0. The number of nitrogens with zero attached hydrogens (tertiary/aromatic N) is 3. The first-order chi connectivity index (χ1) is 8.59. The molecule has 0 aliphatic carbocycles. The van der Waals surface area contributed by atoms with E-state index >= 15 is 0 Å². The molecular formula is C11H9IN4OS. The molecule has 1 aromatic heterocycles. The quantitative estimate of drug-likeness (QED) is 0.499. The molecule has 0 bridgehead atoms. The molecule has 5 nitrogen and oxygen atoms in total. The Morgan fingerprint density at radius 1 is 1.50 bits per heavy atom. The van der Waals surface area contributed by atoms with E-state index in [1.54, 1.807) is 13.1 Å². The number of nitrogens with one attached hydrogen (secondary N) is 1. The van der Waals surface area contributed by atoms with Crippen molar-refractivity contribution in [3.63, 3.8) is 0 Å². The van der Waals surface area contributed by atoms with E-state index in [4.69, 9.17) is 12.2 Å². The highest BCUT2D eigenvalue weighted by molar-refractivity contribution is 14.1. The van der Waals surface area contributed by atoms with Crippen molar-refractivity contribution in [1.29, 1.82) is 0 Å². The molecule has 2 rings (SSSR count). The summed E-state index contributed by atoms with van der Waals surface area (Å²) < 4.78 is 2.35. The van der Waals surface area contributed by atoms with E-state index in [2.05, 4.69) is 37.9 Å². The van der Waals surface area contributed by atoms with Gasteiger partial charge in [0, 0.05) is 9.13 Å². The van der Waals surface area contributed by atoms with E-state index in [-0.39, 0.29) is 10.3 Å². The second kappa shape index (κ2) is 5.53. The van der Waals surface area contributed by atoms with Crippen LogP contribution >= 0.6 is 34.8 Å². The number of hydrogen-bond acceptors (Lipinski definition) is 4. The van der Waals surface area contributed by atoms with Crippen molar-refractivity contribution in [2.24, 2.45) is 5.10 Å². The van der Waals surface area contributed by atoms with E-state index in [1.165, 1.54) is 0 Å². The van der Waals surface area contributed by atoms with Gasteiger partial charge in [-0.1, -0.05) is 18.2 Å². The van der Waals surface area contributed by atoms with Crippen LogP contribution in [0.25, 0.3) is 0 Å². The molecule has 1 N–H and O–H groups in total. The summed E-state index contributed by atoms with van der Waals surface area (Å²) in [4.78, 5) is 11.8. The van der Waals surface area contributed by atoms with Crippen molar-refractivity contribution in [3.8, 4) is 0 Å². The van der Waals surface area contributed by atoms with Gasteiger partial charge in [0.2, 0.25) is 4.77 Å². The largest absolute Gasteiger partial charge is 0.296 e. The highest BCUT2D eigenvalue weighted by atomic mass is 127. The number of hydrogen-bond donors (Lipinski definition) is 1. The maximum Gasteiger partial charge on any atom is 0.296 e. The Kier molecular flexibility index (Phi) is 4.02. The van der Waals surface area contributed by atoms with Gasteiger partial charge in [-0.25, -0.2) is 0 Å². The van der Waals surface area contributed by atoms with Crippen LogP contribution in [0.5, 0.6) is 0 Å². The van der Waals surface area contributed by atoms with Gasteiger partial charge < -0.3 is 0 Å². The molecule has 0 unspecified atom stereocenters. The standard InChI is InChI=1S/C11H9IN4OS/c1-7-10(17)16(11(18)15-14-7)13-6-8-4-2-3-5-9(8)12/h2-6H,1H3,(H,15,18). The highest BCUT2D eigenvalue weighted by Gasteiger charge is 2.01. The van der Waals surface area contributed by atoms with Crippen molar-refractivity contribution in [2.45, 2.75) is 6.92 Å². The molecule has 1 heterocycles. The molecular weight excluding hydrogens is 363 g/mol. The first kappa shape index (κ1) is 13.1.